The first kappa shape index (κ1) is 38.9. The van der Waals surface area contributed by atoms with Crippen LogP contribution in [-0.2, 0) is 0 Å². The molecule has 5 heterocycles. The van der Waals surface area contributed by atoms with Crippen LogP contribution in [0.4, 0.5) is 0 Å². The topological polar surface area (TPSA) is 40.6 Å². The van der Waals surface area contributed by atoms with Crippen molar-refractivity contribution in [3.63, 3.8) is 0 Å². The maximum absolute atomic E-state index is 5.35. The van der Waals surface area contributed by atoms with Gasteiger partial charge in [0.25, 0.3) is 0 Å². The van der Waals surface area contributed by atoms with Gasteiger partial charge in [-0.25, -0.2) is 4.98 Å². The molecule has 0 bridgehead atoms. The third-order valence-corrected chi connectivity index (χ3v) is 13.9. The Bertz CT molecular complexity index is 4240. The van der Waals surface area contributed by atoms with Gasteiger partial charge in [-0.2, -0.15) is 0 Å². The van der Waals surface area contributed by atoms with Crippen molar-refractivity contribution in [3.05, 3.63) is 249 Å². The lowest BCUT2D eigenvalue weighted by Crippen LogP contribution is -2.00. The molecule has 0 N–H and O–H groups in total. The molecule has 0 saturated heterocycles. The van der Waals surface area contributed by atoms with E-state index in [9.17, 15) is 0 Å². The zero-order valence-electron chi connectivity index (χ0n) is 37.4. The second-order valence-corrected chi connectivity index (χ2v) is 17.8. The SMILES string of the molecule is c1ccc(-c2cc(-c3ccccc3)nc(-n3c4ccccc4c4cc(-c5cccc(-c6ccc7c8ccccc8n(-c8ccc9c(c8)c8ncccc8n9-c8ccccc8)c7c6)c5)ccc43)c2)cc1. The van der Waals surface area contributed by atoms with E-state index in [-0.39, 0.29) is 0 Å². The van der Waals surface area contributed by atoms with Crippen LogP contribution in [-0.4, -0.2) is 23.7 Å². The van der Waals surface area contributed by atoms with E-state index >= 15 is 0 Å². The molecule has 0 saturated carbocycles. The molecule has 0 atom stereocenters. The highest BCUT2D eigenvalue weighted by Crippen LogP contribution is 2.40. The highest BCUT2D eigenvalue weighted by atomic mass is 15.1. The number of para-hydroxylation sites is 3. The molecule has 0 radical (unpaired) electrons. The minimum atomic E-state index is 0.888. The Kier molecular flexibility index (Phi) is 8.83. The van der Waals surface area contributed by atoms with Crippen molar-refractivity contribution in [2.24, 2.45) is 0 Å². The number of fused-ring (bicyclic) bond motifs is 9. The van der Waals surface area contributed by atoms with Crippen molar-refractivity contribution in [2.75, 3.05) is 0 Å². The van der Waals surface area contributed by atoms with Crippen molar-refractivity contribution in [1.29, 1.82) is 0 Å². The monoisotopic (exact) mass is 879 g/mol. The predicted molar refractivity (Wildman–Crippen MR) is 287 cm³/mol. The summed E-state index contributed by atoms with van der Waals surface area (Å²) in [6, 6.07) is 87.3. The number of pyridine rings is 2. The minimum absolute atomic E-state index is 0.888. The lowest BCUT2D eigenvalue weighted by atomic mass is 9.97. The third-order valence-electron chi connectivity index (χ3n) is 13.9. The predicted octanol–water partition coefficient (Wildman–Crippen LogP) is 16.4. The molecule has 322 valence electrons. The van der Waals surface area contributed by atoms with E-state index in [1.165, 1.54) is 27.1 Å². The van der Waals surface area contributed by atoms with E-state index in [2.05, 4.69) is 250 Å². The molecule has 14 aromatic rings. The maximum Gasteiger partial charge on any atom is 0.138 e. The van der Waals surface area contributed by atoms with Gasteiger partial charge < -0.3 is 9.13 Å². The van der Waals surface area contributed by atoms with Gasteiger partial charge in [-0.3, -0.25) is 9.55 Å². The zero-order chi connectivity index (χ0) is 45.4. The molecular weight excluding hydrogens is 839 g/mol. The van der Waals surface area contributed by atoms with Crippen LogP contribution in [0.3, 0.4) is 0 Å². The van der Waals surface area contributed by atoms with Crippen LogP contribution >= 0.6 is 0 Å². The Labute approximate surface area is 398 Å². The van der Waals surface area contributed by atoms with E-state index in [1.807, 2.05) is 12.3 Å². The minimum Gasteiger partial charge on any atom is -0.309 e. The molecule has 0 aliphatic rings. The number of nitrogens with zero attached hydrogens (tertiary/aromatic N) is 5. The van der Waals surface area contributed by atoms with Crippen LogP contribution in [0.15, 0.2) is 249 Å². The van der Waals surface area contributed by atoms with Gasteiger partial charge in [0.2, 0.25) is 0 Å². The van der Waals surface area contributed by atoms with Gasteiger partial charge in [-0.15, -0.1) is 0 Å². The smallest absolute Gasteiger partial charge is 0.138 e. The summed E-state index contributed by atoms with van der Waals surface area (Å²) in [7, 11) is 0. The van der Waals surface area contributed by atoms with Crippen molar-refractivity contribution >= 4 is 65.5 Å². The van der Waals surface area contributed by atoms with Crippen LogP contribution < -0.4 is 0 Å². The summed E-state index contributed by atoms with van der Waals surface area (Å²) < 4.78 is 7.06. The molecule has 0 aliphatic heterocycles. The average Bonchev–Trinajstić information content (AvgIpc) is 4.06. The Balaban J connectivity index is 0.890. The number of benzene rings is 9. The van der Waals surface area contributed by atoms with Gasteiger partial charge in [0, 0.05) is 50.1 Å². The molecule has 69 heavy (non-hydrogen) atoms. The van der Waals surface area contributed by atoms with E-state index in [4.69, 9.17) is 9.97 Å². The van der Waals surface area contributed by atoms with Gasteiger partial charge in [-0.05, 0) is 124 Å². The number of aromatic nitrogens is 5. The molecule has 0 amide bonds. The number of rotatable bonds is 7. The highest BCUT2D eigenvalue weighted by molar-refractivity contribution is 6.13. The van der Waals surface area contributed by atoms with Crippen LogP contribution in [0, 0.1) is 0 Å². The Morgan fingerprint density at radius 2 is 0.812 bits per heavy atom. The fraction of sp³-hybridized carbons (Fsp3) is 0. The van der Waals surface area contributed by atoms with Crippen LogP contribution in [0.1, 0.15) is 0 Å². The van der Waals surface area contributed by atoms with E-state index in [0.717, 1.165) is 100 Å². The summed E-state index contributed by atoms with van der Waals surface area (Å²) in [6.07, 6.45) is 1.89. The molecule has 0 aliphatic carbocycles. The Hall–Kier alpha value is -9.32. The standard InChI is InChI=1S/C64H41N5/c1-4-16-42(17-5-1)48-38-56(43-18-6-2-7-19-43)66-63(40-48)69-58-27-13-11-25-52(58)54-37-46(30-33-59(54)69)44-20-14-21-45(36-44)47-29-32-53-51-24-10-12-26-57(51)68(62(53)39-47)50-31-34-60-55(41-50)64-61(28-15-35-65-64)67(60)49-22-8-3-9-23-49/h1-41H. The van der Waals surface area contributed by atoms with Gasteiger partial charge in [0.15, 0.2) is 0 Å². The second kappa shape index (κ2) is 15.7. The molecule has 5 heteroatoms. The average molecular weight is 880 g/mol. The summed E-state index contributed by atoms with van der Waals surface area (Å²) in [5.41, 5.74) is 19.0. The Morgan fingerprint density at radius 3 is 1.59 bits per heavy atom. The number of hydrogen-bond donors (Lipinski definition) is 0. The summed E-state index contributed by atoms with van der Waals surface area (Å²) in [5, 5.41) is 5.94. The van der Waals surface area contributed by atoms with Crippen LogP contribution in [0.25, 0.3) is 127 Å². The zero-order valence-corrected chi connectivity index (χ0v) is 37.4. The van der Waals surface area contributed by atoms with Crippen molar-refractivity contribution in [3.8, 4) is 61.8 Å². The fourth-order valence-electron chi connectivity index (χ4n) is 10.7. The maximum atomic E-state index is 5.35. The summed E-state index contributed by atoms with van der Waals surface area (Å²) in [6.45, 7) is 0. The molecule has 0 fully saturated rings. The molecule has 9 aromatic carbocycles. The lowest BCUT2D eigenvalue weighted by molar-refractivity contribution is 1.08. The summed E-state index contributed by atoms with van der Waals surface area (Å²) in [4.78, 5) is 10.3. The largest absolute Gasteiger partial charge is 0.309 e. The first-order valence-electron chi connectivity index (χ1n) is 23.5. The van der Waals surface area contributed by atoms with E-state index in [0.29, 0.717) is 0 Å². The summed E-state index contributed by atoms with van der Waals surface area (Å²) >= 11 is 0. The normalized spacial score (nSPS) is 11.8. The van der Waals surface area contributed by atoms with Crippen LogP contribution in [0.2, 0.25) is 0 Å². The van der Waals surface area contributed by atoms with Crippen LogP contribution in [0.5, 0.6) is 0 Å². The quantitative estimate of drug-likeness (QED) is 0.160. The van der Waals surface area contributed by atoms with E-state index in [1.54, 1.807) is 0 Å². The fourth-order valence-corrected chi connectivity index (χ4v) is 10.7. The summed E-state index contributed by atoms with van der Waals surface area (Å²) in [5.74, 6) is 0.888. The second-order valence-electron chi connectivity index (χ2n) is 17.8. The highest BCUT2D eigenvalue weighted by Gasteiger charge is 2.20. The van der Waals surface area contributed by atoms with E-state index < -0.39 is 0 Å². The van der Waals surface area contributed by atoms with Gasteiger partial charge in [0.05, 0.1) is 44.3 Å². The molecule has 14 rings (SSSR count). The van der Waals surface area contributed by atoms with Crippen molar-refractivity contribution in [1.82, 2.24) is 23.7 Å². The first-order chi connectivity index (χ1) is 34.2. The molecular formula is C64H41N5. The number of hydrogen-bond acceptors (Lipinski definition) is 2. The molecule has 0 spiro atoms. The molecule has 5 aromatic heterocycles. The lowest BCUT2D eigenvalue weighted by Gasteiger charge is -2.13. The van der Waals surface area contributed by atoms with Gasteiger partial charge in [-0.1, -0.05) is 152 Å². The molecule has 0 unspecified atom stereocenters. The van der Waals surface area contributed by atoms with Crippen molar-refractivity contribution in [2.45, 2.75) is 0 Å². The Morgan fingerprint density at radius 1 is 0.261 bits per heavy atom. The van der Waals surface area contributed by atoms with Crippen molar-refractivity contribution < 1.29 is 0 Å². The van der Waals surface area contributed by atoms with Gasteiger partial charge >= 0.3 is 0 Å². The third kappa shape index (κ3) is 6.32. The van der Waals surface area contributed by atoms with Gasteiger partial charge in [0.1, 0.15) is 5.82 Å². The molecule has 5 nitrogen and oxygen atoms in total. The first-order valence-corrected chi connectivity index (χ1v) is 23.5.